The quantitative estimate of drug-likeness (QED) is 0.521. The first-order valence-electron chi connectivity index (χ1n) is 8.13. The van der Waals surface area contributed by atoms with Crippen LogP contribution in [0.25, 0.3) is 22.3 Å². The first-order valence-corrected chi connectivity index (χ1v) is 9.11. The predicted molar refractivity (Wildman–Crippen MR) is 98.9 cm³/mol. The van der Waals surface area contributed by atoms with Crippen molar-refractivity contribution in [2.75, 3.05) is 0 Å². The second-order valence-corrected chi connectivity index (χ2v) is 6.66. The van der Waals surface area contributed by atoms with Crippen LogP contribution in [0.15, 0.2) is 59.9 Å². The van der Waals surface area contributed by atoms with Gasteiger partial charge in [0.25, 0.3) is 0 Å². The zero-order valence-electron chi connectivity index (χ0n) is 13.7. The Hall–Kier alpha value is -2.60. The summed E-state index contributed by atoms with van der Waals surface area (Å²) in [6.07, 6.45) is 1.98. The molecule has 0 saturated carbocycles. The molecule has 0 atom stereocenters. The molecule has 6 heteroatoms. The van der Waals surface area contributed by atoms with E-state index in [1.807, 2.05) is 18.3 Å². The normalized spacial score (nSPS) is 11.3. The molecular weight excluding hydrogens is 335 g/mol. The number of halogens is 1. The lowest BCUT2D eigenvalue weighted by Crippen LogP contribution is -1.99. The fourth-order valence-electron chi connectivity index (χ4n) is 2.86. The van der Waals surface area contributed by atoms with Crippen LogP contribution in [-0.4, -0.2) is 19.7 Å². The van der Waals surface area contributed by atoms with E-state index in [-0.39, 0.29) is 5.82 Å². The van der Waals surface area contributed by atoms with Gasteiger partial charge in [-0.2, -0.15) is 0 Å². The largest absolute Gasteiger partial charge is 0.360 e. The first-order chi connectivity index (χ1) is 12.3. The van der Waals surface area contributed by atoms with Gasteiger partial charge in [-0.1, -0.05) is 42.1 Å². The highest BCUT2D eigenvalue weighted by Gasteiger charge is 2.16. The Morgan fingerprint density at radius 3 is 2.68 bits per heavy atom. The maximum absolute atomic E-state index is 13.0. The Labute approximate surface area is 149 Å². The Bertz CT molecular complexity index is 1000. The van der Waals surface area contributed by atoms with Crippen molar-refractivity contribution >= 4 is 22.7 Å². The highest BCUT2D eigenvalue weighted by atomic mass is 32.2. The lowest BCUT2D eigenvalue weighted by Gasteiger charge is -2.07. The van der Waals surface area contributed by atoms with Gasteiger partial charge in [-0.25, -0.2) is 4.39 Å². The molecule has 4 nitrogen and oxygen atoms in total. The van der Waals surface area contributed by atoms with Gasteiger partial charge in [0, 0.05) is 35.0 Å². The van der Waals surface area contributed by atoms with Crippen LogP contribution in [0.1, 0.15) is 12.5 Å². The predicted octanol–water partition coefficient (Wildman–Crippen LogP) is 4.88. The van der Waals surface area contributed by atoms with Crippen molar-refractivity contribution in [3.63, 3.8) is 0 Å². The van der Waals surface area contributed by atoms with E-state index >= 15 is 0 Å². The third kappa shape index (κ3) is 3.05. The third-order valence-corrected chi connectivity index (χ3v) is 5.18. The van der Waals surface area contributed by atoms with Crippen molar-refractivity contribution in [3.8, 4) is 11.4 Å². The second-order valence-electron chi connectivity index (χ2n) is 5.71. The zero-order valence-corrected chi connectivity index (χ0v) is 14.6. The fourth-order valence-corrected chi connectivity index (χ4v) is 3.82. The lowest BCUT2D eigenvalue weighted by atomic mass is 10.1. The molecule has 0 radical (unpaired) electrons. The molecule has 2 aromatic heterocycles. The fraction of sp³-hybridized carbons (Fsp3) is 0.158. The SMILES string of the molecule is CCn1c(SCc2ccc(F)cc2)nnc1-c1c[nH]c2ccccc12. The summed E-state index contributed by atoms with van der Waals surface area (Å²) in [7, 11) is 0. The minimum Gasteiger partial charge on any atom is -0.360 e. The summed E-state index contributed by atoms with van der Waals surface area (Å²) in [6.45, 7) is 2.87. The van der Waals surface area contributed by atoms with E-state index in [1.165, 1.54) is 12.1 Å². The van der Waals surface area contributed by atoms with Crippen LogP contribution < -0.4 is 0 Å². The molecule has 2 heterocycles. The second kappa shape index (κ2) is 6.72. The summed E-state index contributed by atoms with van der Waals surface area (Å²) < 4.78 is 15.1. The van der Waals surface area contributed by atoms with E-state index in [0.29, 0.717) is 0 Å². The molecule has 126 valence electrons. The molecule has 0 saturated heterocycles. The van der Waals surface area contributed by atoms with Crippen LogP contribution in [0, 0.1) is 5.82 Å². The molecule has 0 spiro atoms. The molecule has 4 rings (SSSR count). The monoisotopic (exact) mass is 352 g/mol. The topological polar surface area (TPSA) is 46.5 Å². The molecule has 0 aliphatic heterocycles. The Morgan fingerprint density at radius 2 is 1.88 bits per heavy atom. The standard InChI is InChI=1S/C19H17FN4S/c1-2-24-18(16-11-21-17-6-4-3-5-15(16)17)22-23-19(24)25-12-13-7-9-14(20)10-8-13/h3-11,21H,2,12H2,1H3. The van der Waals surface area contributed by atoms with Gasteiger partial charge >= 0.3 is 0 Å². The summed E-state index contributed by atoms with van der Waals surface area (Å²) in [5, 5.41) is 10.8. The highest BCUT2D eigenvalue weighted by molar-refractivity contribution is 7.98. The molecule has 0 aliphatic rings. The van der Waals surface area contributed by atoms with Gasteiger partial charge in [0.2, 0.25) is 0 Å². The molecule has 4 aromatic rings. The van der Waals surface area contributed by atoms with Crippen LogP contribution in [0.2, 0.25) is 0 Å². The van der Waals surface area contributed by atoms with E-state index in [2.05, 4.69) is 38.8 Å². The van der Waals surface area contributed by atoms with Crippen LogP contribution >= 0.6 is 11.8 Å². The number of nitrogens with one attached hydrogen (secondary N) is 1. The highest BCUT2D eigenvalue weighted by Crippen LogP contribution is 2.30. The van der Waals surface area contributed by atoms with E-state index in [4.69, 9.17) is 0 Å². The Kier molecular flexibility index (Phi) is 4.28. The summed E-state index contributed by atoms with van der Waals surface area (Å²) in [5.41, 5.74) is 3.20. The Morgan fingerprint density at radius 1 is 1.08 bits per heavy atom. The van der Waals surface area contributed by atoms with Gasteiger partial charge in [-0.05, 0) is 30.7 Å². The van der Waals surface area contributed by atoms with E-state index in [9.17, 15) is 4.39 Å². The van der Waals surface area contributed by atoms with Crippen molar-refractivity contribution in [3.05, 3.63) is 66.1 Å². The van der Waals surface area contributed by atoms with Crippen LogP contribution in [0.3, 0.4) is 0 Å². The maximum atomic E-state index is 13.0. The minimum atomic E-state index is -0.216. The minimum absolute atomic E-state index is 0.216. The molecule has 0 unspecified atom stereocenters. The maximum Gasteiger partial charge on any atom is 0.191 e. The van der Waals surface area contributed by atoms with Gasteiger partial charge in [-0.3, -0.25) is 0 Å². The number of para-hydroxylation sites is 1. The van der Waals surface area contributed by atoms with Crippen molar-refractivity contribution in [1.29, 1.82) is 0 Å². The van der Waals surface area contributed by atoms with Gasteiger partial charge in [0.15, 0.2) is 11.0 Å². The van der Waals surface area contributed by atoms with Gasteiger partial charge in [-0.15, -0.1) is 10.2 Å². The number of aromatic amines is 1. The average molecular weight is 352 g/mol. The van der Waals surface area contributed by atoms with E-state index in [0.717, 1.165) is 45.3 Å². The number of rotatable bonds is 5. The van der Waals surface area contributed by atoms with Crippen molar-refractivity contribution < 1.29 is 4.39 Å². The number of fused-ring (bicyclic) bond motifs is 1. The van der Waals surface area contributed by atoms with Gasteiger partial charge in [0.05, 0.1) is 0 Å². The number of thioether (sulfide) groups is 1. The molecule has 25 heavy (non-hydrogen) atoms. The van der Waals surface area contributed by atoms with Crippen LogP contribution in [-0.2, 0) is 12.3 Å². The third-order valence-electron chi connectivity index (χ3n) is 4.14. The van der Waals surface area contributed by atoms with Gasteiger partial charge in [0.1, 0.15) is 5.82 Å². The van der Waals surface area contributed by atoms with Crippen molar-refractivity contribution in [2.24, 2.45) is 0 Å². The molecule has 1 N–H and O–H groups in total. The number of nitrogens with zero attached hydrogens (tertiary/aromatic N) is 3. The summed E-state index contributed by atoms with van der Waals surface area (Å²) in [6, 6.07) is 14.7. The molecule has 0 fully saturated rings. The van der Waals surface area contributed by atoms with Crippen molar-refractivity contribution in [1.82, 2.24) is 19.7 Å². The smallest absolute Gasteiger partial charge is 0.191 e. The molecule has 0 bridgehead atoms. The molecule has 0 aliphatic carbocycles. The molecule has 0 amide bonds. The number of H-pyrrole nitrogens is 1. The van der Waals surface area contributed by atoms with Crippen molar-refractivity contribution in [2.45, 2.75) is 24.4 Å². The number of benzene rings is 2. The molecule has 2 aromatic carbocycles. The van der Waals surface area contributed by atoms with Gasteiger partial charge < -0.3 is 9.55 Å². The van der Waals surface area contributed by atoms with Crippen LogP contribution in [0.4, 0.5) is 4.39 Å². The van der Waals surface area contributed by atoms with E-state index in [1.54, 1.807) is 23.9 Å². The summed E-state index contributed by atoms with van der Waals surface area (Å²) in [4.78, 5) is 3.29. The van der Waals surface area contributed by atoms with Crippen LogP contribution in [0.5, 0.6) is 0 Å². The Balaban J connectivity index is 1.64. The summed E-state index contributed by atoms with van der Waals surface area (Å²) >= 11 is 1.61. The summed E-state index contributed by atoms with van der Waals surface area (Å²) in [5.74, 6) is 1.38. The number of aromatic nitrogens is 4. The average Bonchev–Trinajstić information content (AvgIpc) is 3.24. The number of hydrogen-bond donors (Lipinski definition) is 1. The zero-order chi connectivity index (χ0) is 17.2. The molecular formula is C19H17FN4S. The lowest BCUT2D eigenvalue weighted by molar-refractivity contribution is 0.627. The number of hydrogen-bond acceptors (Lipinski definition) is 3. The van der Waals surface area contributed by atoms with E-state index < -0.39 is 0 Å². The first kappa shape index (κ1) is 15.9.